The average Bonchev–Trinajstić information content (AvgIpc) is 2.31. The van der Waals surface area contributed by atoms with E-state index in [1.807, 2.05) is 0 Å². The molecule has 1 aromatic rings. The Kier molecular flexibility index (Phi) is 5.44. The van der Waals surface area contributed by atoms with E-state index in [0.29, 0.717) is 11.4 Å². The Balaban J connectivity index is 2.63. The van der Waals surface area contributed by atoms with E-state index in [-0.39, 0.29) is 19.6 Å². The molecule has 1 rings (SSSR count). The second-order valence-electron chi connectivity index (χ2n) is 3.71. The first-order valence-corrected chi connectivity index (χ1v) is 5.40. The zero-order chi connectivity index (χ0) is 13.5. The molecule has 1 heterocycles. The number of hydrogen-bond donors (Lipinski definition) is 2. The molecule has 0 fully saturated rings. The monoisotopic (exact) mass is 259 g/mol. The Morgan fingerprint density at radius 3 is 2.72 bits per heavy atom. The first kappa shape index (κ1) is 14.3. The molecule has 100 valence electrons. The maximum atomic E-state index is 12.3. The number of alkyl halides is 2. The normalized spacial score (nSPS) is 10.7. The van der Waals surface area contributed by atoms with Crippen LogP contribution in [0.4, 0.5) is 14.5 Å². The minimum absolute atomic E-state index is 0.0903. The molecule has 0 saturated heterocycles. The van der Waals surface area contributed by atoms with Gasteiger partial charge in [0.2, 0.25) is 5.91 Å². The molecule has 7 heteroatoms. The Morgan fingerprint density at radius 1 is 1.50 bits per heavy atom. The van der Waals surface area contributed by atoms with Crippen molar-refractivity contribution in [1.29, 1.82) is 0 Å². The van der Waals surface area contributed by atoms with Crippen molar-refractivity contribution in [3.05, 3.63) is 24.0 Å². The SMILES string of the molecule is Nc1ccc(CC(=O)N(CCO)CC(F)F)nc1. The van der Waals surface area contributed by atoms with Gasteiger partial charge in [-0.25, -0.2) is 8.78 Å². The number of hydrogen-bond acceptors (Lipinski definition) is 4. The van der Waals surface area contributed by atoms with E-state index in [4.69, 9.17) is 10.8 Å². The number of carbonyl (C=O) groups excluding carboxylic acids is 1. The molecule has 0 aliphatic carbocycles. The van der Waals surface area contributed by atoms with Crippen LogP contribution in [-0.4, -0.2) is 47.0 Å². The van der Waals surface area contributed by atoms with Gasteiger partial charge >= 0.3 is 0 Å². The summed E-state index contributed by atoms with van der Waals surface area (Å²) in [5.74, 6) is -0.498. The average molecular weight is 259 g/mol. The summed E-state index contributed by atoms with van der Waals surface area (Å²) in [6, 6.07) is 3.14. The molecule has 0 radical (unpaired) electrons. The number of aliphatic hydroxyl groups excluding tert-OH is 1. The van der Waals surface area contributed by atoms with E-state index in [9.17, 15) is 13.6 Å². The van der Waals surface area contributed by atoms with Crippen molar-refractivity contribution in [2.75, 3.05) is 25.4 Å². The van der Waals surface area contributed by atoms with Gasteiger partial charge in [-0.2, -0.15) is 0 Å². The molecule has 3 N–H and O–H groups in total. The van der Waals surface area contributed by atoms with E-state index in [2.05, 4.69) is 4.98 Å². The number of nitrogens with zero attached hydrogens (tertiary/aromatic N) is 2. The Labute approximate surface area is 103 Å². The molecule has 0 aliphatic heterocycles. The fraction of sp³-hybridized carbons (Fsp3) is 0.455. The van der Waals surface area contributed by atoms with Crippen molar-refractivity contribution >= 4 is 11.6 Å². The molecule has 0 atom stereocenters. The predicted octanol–water partition coefficient (Wildman–Crippen LogP) is 0.292. The summed E-state index contributed by atoms with van der Waals surface area (Å²) >= 11 is 0. The first-order chi connectivity index (χ1) is 8.52. The van der Waals surface area contributed by atoms with Crippen LogP contribution in [0.25, 0.3) is 0 Å². The molecule has 18 heavy (non-hydrogen) atoms. The van der Waals surface area contributed by atoms with Gasteiger partial charge in [-0.05, 0) is 12.1 Å². The standard InChI is InChI=1S/C11H15F2N3O2/c12-10(13)7-16(3-4-17)11(18)5-9-2-1-8(14)6-15-9/h1-2,6,10,17H,3-5,7,14H2. The highest BCUT2D eigenvalue weighted by molar-refractivity contribution is 5.78. The summed E-state index contributed by atoms with van der Waals surface area (Å²) in [6.07, 6.45) is -1.32. The third kappa shape index (κ3) is 4.62. The maximum absolute atomic E-state index is 12.3. The number of aromatic nitrogens is 1. The van der Waals surface area contributed by atoms with E-state index >= 15 is 0 Å². The van der Waals surface area contributed by atoms with Crippen LogP contribution in [-0.2, 0) is 11.2 Å². The summed E-state index contributed by atoms with van der Waals surface area (Å²) in [5, 5.41) is 8.73. The third-order valence-electron chi connectivity index (χ3n) is 2.26. The minimum atomic E-state index is -2.63. The smallest absolute Gasteiger partial charge is 0.255 e. The summed E-state index contributed by atoms with van der Waals surface area (Å²) in [7, 11) is 0. The molecule has 0 saturated carbocycles. The van der Waals surface area contributed by atoms with Gasteiger partial charge in [-0.3, -0.25) is 9.78 Å². The Bertz CT molecular complexity index is 384. The van der Waals surface area contributed by atoms with E-state index in [1.54, 1.807) is 12.1 Å². The topological polar surface area (TPSA) is 79.5 Å². The fourth-order valence-corrected chi connectivity index (χ4v) is 1.41. The Morgan fingerprint density at radius 2 is 2.22 bits per heavy atom. The van der Waals surface area contributed by atoms with E-state index in [1.165, 1.54) is 6.20 Å². The molecule has 0 bridgehead atoms. The number of amides is 1. The van der Waals surface area contributed by atoms with Gasteiger partial charge in [0.05, 0.1) is 31.5 Å². The maximum Gasteiger partial charge on any atom is 0.255 e. The molecule has 1 aromatic heterocycles. The quantitative estimate of drug-likeness (QED) is 0.769. The van der Waals surface area contributed by atoms with Gasteiger partial charge in [-0.15, -0.1) is 0 Å². The number of nitrogen functional groups attached to an aromatic ring is 1. The van der Waals surface area contributed by atoms with Crippen LogP contribution in [0, 0.1) is 0 Å². The van der Waals surface area contributed by atoms with Gasteiger partial charge in [0.1, 0.15) is 0 Å². The van der Waals surface area contributed by atoms with Crippen molar-refractivity contribution in [3.63, 3.8) is 0 Å². The molecule has 0 aliphatic rings. The first-order valence-electron chi connectivity index (χ1n) is 5.40. The van der Waals surface area contributed by atoms with Crippen molar-refractivity contribution in [2.24, 2.45) is 0 Å². The number of rotatable bonds is 6. The lowest BCUT2D eigenvalue weighted by Gasteiger charge is -2.21. The lowest BCUT2D eigenvalue weighted by molar-refractivity contribution is -0.133. The number of pyridine rings is 1. The van der Waals surface area contributed by atoms with Crippen molar-refractivity contribution in [1.82, 2.24) is 9.88 Å². The second kappa shape index (κ2) is 6.85. The van der Waals surface area contributed by atoms with Gasteiger partial charge in [0.25, 0.3) is 6.43 Å². The van der Waals surface area contributed by atoms with Crippen LogP contribution >= 0.6 is 0 Å². The second-order valence-corrected chi connectivity index (χ2v) is 3.71. The summed E-state index contributed by atoms with van der Waals surface area (Å²) < 4.78 is 24.5. The minimum Gasteiger partial charge on any atom is -0.397 e. The number of carbonyl (C=O) groups is 1. The van der Waals surface area contributed by atoms with Crippen LogP contribution in [0.3, 0.4) is 0 Å². The molecule has 0 aromatic carbocycles. The van der Waals surface area contributed by atoms with Crippen molar-refractivity contribution in [2.45, 2.75) is 12.8 Å². The van der Waals surface area contributed by atoms with Crippen LogP contribution in [0.2, 0.25) is 0 Å². The summed E-state index contributed by atoms with van der Waals surface area (Å²) in [6.45, 7) is -1.15. The lowest BCUT2D eigenvalue weighted by atomic mass is 10.2. The molecule has 0 spiro atoms. The summed E-state index contributed by atoms with van der Waals surface area (Å²) in [5.41, 5.74) is 6.36. The number of halogens is 2. The predicted molar refractivity (Wildman–Crippen MR) is 62.0 cm³/mol. The number of anilines is 1. The zero-order valence-corrected chi connectivity index (χ0v) is 9.72. The van der Waals surface area contributed by atoms with Crippen molar-refractivity contribution in [3.8, 4) is 0 Å². The van der Waals surface area contributed by atoms with Crippen LogP contribution < -0.4 is 5.73 Å². The number of nitrogens with two attached hydrogens (primary N) is 1. The van der Waals surface area contributed by atoms with Crippen LogP contribution in [0.15, 0.2) is 18.3 Å². The highest BCUT2D eigenvalue weighted by Gasteiger charge is 2.18. The Hall–Kier alpha value is -1.76. The van der Waals surface area contributed by atoms with Crippen LogP contribution in [0.5, 0.6) is 0 Å². The molecule has 5 nitrogen and oxygen atoms in total. The van der Waals surface area contributed by atoms with Gasteiger partial charge in [0.15, 0.2) is 0 Å². The summed E-state index contributed by atoms with van der Waals surface area (Å²) in [4.78, 5) is 16.6. The molecular formula is C11H15F2N3O2. The van der Waals surface area contributed by atoms with Crippen LogP contribution in [0.1, 0.15) is 5.69 Å². The van der Waals surface area contributed by atoms with E-state index < -0.39 is 18.9 Å². The lowest BCUT2D eigenvalue weighted by Crippen LogP contribution is -2.38. The highest BCUT2D eigenvalue weighted by Crippen LogP contribution is 2.05. The number of aliphatic hydroxyl groups is 1. The third-order valence-corrected chi connectivity index (χ3v) is 2.26. The highest BCUT2D eigenvalue weighted by atomic mass is 19.3. The molecule has 0 unspecified atom stereocenters. The molecule has 1 amide bonds. The fourth-order valence-electron chi connectivity index (χ4n) is 1.41. The van der Waals surface area contributed by atoms with E-state index in [0.717, 1.165) is 4.90 Å². The van der Waals surface area contributed by atoms with Gasteiger partial charge < -0.3 is 15.7 Å². The largest absolute Gasteiger partial charge is 0.397 e. The van der Waals surface area contributed by atoms with Gasteiger partial charge in [0, 0.05) is 12.2 Å². The van der Waals surface area contributed by atoms with Crippen molar-refractivity contribution < 1.29 is 18.7 Å². The molecular weight excluding hydrogens is 244 g/mol. The van der Waals surface area contributed by atoms with Gasteiger partial charge in [-0.1, -0.05) is 0 Å². The zero-order valence-electron chi connectivity index (χ0n) is 9.72.